The summed E-state index contributed by atoms with van der Waals surface area (Å²) in [6, 6.07) is 12.4. The predicted octanol–water partition coefficient (Wildman–Crippen LogP) is 3.19. The van der Waals surface area contributed by atoms with Gasteiger partial charge in [0.2, 0.25) is 0 Å². The van der Waals surface area contributed by atoms with Gasteiger partial charge < -0.3 is 15.1 Å². The van der Waals surface area contributed by atoms with E-state index in [1.807, 2.05) is 29.2 Å². The van der Waals surface area contributed by atoms with Gasteiger partial charge in [0.1, 0.15) is 0 Å². The van der Waals surface area contributed by atoms with E-state index < -0.39 is 9.84 Å². The Morgan fingerprint density at radius 2 is 1.71 bits per heavy atom. The van der Waals surface area contributed by atoms with Crippen LogP contribution < -0.4 is 10.2 Å². The van der Waals surface area contributed by atoms with Crippen molar-refractivity contribution in [3.8, 4) is 0 Å². The molecule has 11 heteroatoms. The molecular formula is C24H25ClN4O4S2. The summed E-state index contributed by atoms with van der Waals surface area (Å²) in [6.07, 6.45) is 0. The molecule has 0 unspecified atom stereocenters. The summed E-state index contributed by atoms with van der Waals surface area (Å²) < 4.78 is 23.6. The van der Waals surface area contributed by atoms with Gasteiger partial charge in [-0.05, 0) is 49.4 Å². The van der Waals surface area contributed by atoms with Crippen LogP contribution >= 0.6 is 23.4 Å². The first kappa shape index (κ1) is 24.1. The Balaban J connectivity index is 1.22. The minimum absolute atomic E-state index is 0.0400. The molecule has 2 saturated heterocycles. The van der Waals surface area contributed by atoms with Crippen LogP contribution in [0.15, 0.2) is 47.5 Å². The van der Waals surface area contributed by atoms with Crippen LogP contribution in [0.2, 0.25) is 5.02 Å². The number of amides is 1. The second-order valence-electron chi connectivity index (χ2n) is 8.94. The number of benzene rings is 2. The normalized spacial score (nSPS) is 23.1. The molecule has 3 aliphatic heterocycles. The minimum Gasteiger partial charge on any atom is -0.368 e. The monoisotopic (exact) mass is 532 g/mol. The standard InChI is InChI=1S/C24H25ClN4O4S2/c1-15(30)16-2-5-18(6-3-16)28-8-10-29(11-9-28)23(31)17-4-7-19(25)20(12-17)26-24-27-21-13-35(32,33)14-22(21)34-24/h2-7,12,21-22H,8-11,13-14H2,1H3,(H,26,27)/t21-,22+/m1/s1. The number of thioether (sulfide) groups is 1. The molecule has 35 heavy (non-hydrogen) atoms. The zero-order chi connectivity index (χ0) is 24.7. The molecular weight excluding hydrogens is 508 g/mol. The van der Waals surface area contributed by atoms with Gasteiger partial charge in [0.25, 0.3) is 5.91 Å². The molecule has 0 spiro atoms. The third kappa shape index (κ3) is 5.19. The number of hydrogen-bond donors (Lipinski definition) is 1. The summed E-state index contributed by atoms with van der Waals surface area (Å²) >= 11 is 7.78. The molecule has 3 aliphatic rings. The average molecular weight is 533 g/mol. The Morgan fingerprint density at radius 1 is 1.03 bits per heavy atom. The number of carbonyl (C=O) groups excluding carboxylic acids is 2. The van der Waals surface area contributed by atoms with Crippen molar-refractivity contribution in [3.63, 3.8) is 0 Å². The molecule has 0 saturated carbocycles. The van der Waals surface area contributed by atoms with E-state index in [1.54, 1.807) is 25.1 Å². The number of nitrogens with zero attached hydrogens (tertiary/aromatic N) is 3. The van der Waals surface area contributed by atoms with Gasteiger partial charge in [-0.25, -0.2) is 8.42 Å². The number of sulfone groups is 1. The highest BCUT2D eigenvalue weighted by Gasteiger charge is 2.42. The SMILES string of the molecule is CC(=O)c1ccc(N2CCN(C(=O)c3ccc(Cl)c(NC4=N[C@@H]5CS(=O)(=O)C[C@@H]5S4)c3)CC2)cc1. The van der Waals surface area contributed by atoms with E-state index in [0.717, 1.165) is 5.69 Å². The van der Waals surface area contributed by atoms with Gasteiger partial charge in [-0.15, -0.1) is 0 Å². The predicted molar refractivity (Wildman–Crippen MR) is 141 cm³/mol. The van der Waals surface area contributed by atoms with E-state index >= 15 is 0 Å². The molecule has 5 rings (SSSR count). The van der Waals surface area contributed by atoms with Gasteiger partial charge in [-0.3, -0.25) is 14.6 Å². The maximum atomic E-state index is 13.2. The molecule has 3 heterocycles. The Labute approximate surface area is 213 Å². The van der Waals surface area contributed by atoms with Gasteiger partial charge in [0.15, 0.2) is 20.8 Å². The third-order valence-corrected chi connectivity index (χ3v) is 9.95. The summed E-state index contributed by atoms with van der Waals surface area (Å²) in [4.78, 5) is 33.2. The fourth-order valence-electron chi connectivity index (χ4n) is 4.54. The van der Waals surface area contributed by atoms with Crippen molar-refractivity contribution < 1.29 is 18.0 Å². The maximum Gasteiger partial charge on any atom is 0.254 e. The quantitative estimate of drug-likeness (QED) is 0.604. The zero-order valence-electron chi connectivity index (χ0n) is 19.1. The fourth-order valence-corrected chi connectivity index (χ4v) is 8.38. The lowest BCUT2D eigenvalue weighted by Crippen LogP contribution is -2.48. The van der Waals surface area contributed by atoms with E-state index in [1.165, 1.54) is 11.8 Å². The van der Waals surface area contributed by atoms with Crippen molar-refractivity contribution in [2.45, 2.75) is 18.2 Å². The number of carbonyl (C=O) groups is 2. The molecule has 184 valence electrons. The third-order valence-electron chi connectivity index (χ3n) is 6.48. The molecule has 2 aromatic carbocycles. The number of nitrogens with one attached hydrogen (secondary N) is 1. The molecule has 2 atom stereocenters. The molecule has 8 nitrogen and oxygen atoms in total. The van der Waals surface area contributed by atoms with E-state index in [0.29, 0.717) is 53.2 Å². The number of hydrogen-bond acceptors (Lipinski definition) is 8. The van der Waals surface area contributed by atoms with Crippen LogP contribution in [0.5, 0.6) is 0 Å². The second-order valence-corrected chi connectivity index (χ2v) is 12.7. The Bertz CT molecular complexity index is 1310. The maximum absolute atomic E-state index is 13.2. The van der Waals surface area contributed by atoms with Crippen molar-refractivity contribution in [1.29, 1.82) is 0 Å². The van der Waals surface area contributed by atoms with Gasteiger partial charge in [0, 0.05) is 48.2 Å². The minimum atomic E-state index is -3.02. The first-order chi connectivity index (χ1) is 16.7. The smallest absolute Gasteiger partial charge is 0.254 e. The number of Topliss-reactive ketones (excluding diaryl/α,β-unsaturated/α-hetero) is 1. The summed E-state index contributed by atoms with van der Waals surface area (Å²) in [5, 5.41) is 4.22. The average Bonchev–Trinajstić information content (AvgIpc) is 3.32. The highest BCUT2D eigenvalue weighted by molar-refractivity contribution is 8.15. The van der Waals surface area contributed by atoms with E-state index in [9.17, 15) is 18.0 Å². The second kappa shape index (κ2) is 9.48. The summed E-state index contributed by atoms with van der Waals surface area (Å²) in [7, 11) is -3.02. The van der Waals surface area contributed by atoms with Crippen LogP contribution in [0, 0.1) is 0 Å². The fraction of sp³-hybridized carbons (Fsp3) is 0.375. The van der Waals surface area contributed by atoms with E-state index in [4.69, 9.17) is 11.6 Å². The number of halogens is 1. The first-order valence-corrected chi connectivity index (χ1v) is 14.4. The lowest BCUT2D eigenvalue weighted by Gasteiger charge is -2.36. The van der Waals surface area contributed by atoms with Crippen LogP contribution in [0.4, 0.5) is 11.4 Å². The highest BCUT2D eigenvalue weighted by Crippen LogP contribution is 2.35. The summed E-state index contributed by atoms with van der Waals surface area (Å²) in [5.41, 5.74) is 2.83. The molecule has 0 aliphatic carbocycles. The van der Waals surface area contributed by atoms with Gasteiger partial charge >= 0.3 is 0 Å². The van der Waals surface area contributed by atoms with Crippen molar-refractivity contribution in [2.24, 2.45) is 4.99 Å². The number of anilines is 2. The molecule has 2 aromatic rings. The van der Waals surface area contributed by atoms with Gasteiger partial charge in [0.05, 0.1) is 28.3 Å². The van der Waals surface area contributed by atoms with Gasteiger partial charge in [-0.1, -0.05) is 23.4 Å². The summed E-state index contributed by atoms with van der Waals surface area (Å²) in [5.74, 6) is 0.184. The first-order valence-electron chi connectivity index (χ1n) is 11.4. The van der Waals surface area contributed by atoms with E-state index in [2.05, 4.69) is 15.2 Å². The Morgan fingerprint density at radius 3 is 2.37 bits per heavy atom. The Hall–Kier alpha value is -2.56. The lowest BCUT2D eigenvalue weighted by molar-refractivity contribution is 0.0746. The zero-order valence-corrected chi connectivity index (χ0v) is 21.5. The molecule has 2 fully saturated rings. The van der Waals surface area contributed by atoms with Crippen LogP contribution in [-0.4, -0.2) is 79.2 Å². The van der Waals surface area contributed by atoms with Crippen molar-refractivity contribution >= 4 is 61.4 Å². The van der Waals surface area contributed by atoms with Crippen molar-refractivity contribution in [3.05, 3.63) is 58.6 Å². The molecule has 0 bridgehead atoms. The number of rotatable bonds is 4. The highest BCUT2D eigenvalue weighted by atomic mass is 35.5. The number of amidine groups is 1. The summed E-state index contributed by atoms with van der Waals surface area (Å²) in [6.45, 7) is 4.11. The number of piperazine rings is 1. The van der Waals surface area contributed by atoms with Crippen LogP contribution in [0.3, 0.4) is 0 Å². The largest absolute Gasteiger partial charge is 0.368 e. The molecule has 0 radical (unpaired) electrons. The van der Waals surface area contributed by atoms with Crippen molar-refractivity contribution in [1.82, 2.24) is 4.90 Å². The molecule has 1 N–H and O–H groups in total. The number of aliphatic imine (C=N–C) groups is 1. The van der Waals surface area contributed by atoms with E-state index in [-0.39, 0.29) is 34.5 Å². The van der Waals surface area contributed by atoms with Crippen molar-refractivity contribution in [2.75, 3.05) is 47.9 Å². The number of fused-ring (bicyclic) bond motifs is 1. The van der Waals surface area contributed by atoms with Crippen LogP contribution in [0.25, 0.3) is 0 Å². The van der Waals surface area contributed by atoms with Gasteiger partial charge in [-0.2, -0.15) is 0 Å². The van der Waals surface area contributed by atoms with Crippen LogP contribution in [-0.2, 0) is 9.84 Å². The van der Waals surface area contributed by atoms with Crippen LogP contribution in [0.1, 0.15) is 27.6 Å². The Kier molecular flexibility index (Phi) is 6.54. The molecule has 1 amide bonds. The number of ketones is 1. The topological polar surface area (TPSA) is 99.2 Å². The lowest BCUT2D eigenvalue weighted by atomic mass is 10.1. The molecule has 0 aromatic heterocycles.